The van der Waals surface area contributed by atoms with Crippen molar-refractivity contribution < 1.29 is 4.39 Å². The van der Waals surface area contributed by atoms with Gasteiger partial charge in [0.15, 0.2) is 5.96 Å². The first-order valence-corrected chi connectivity index (χ1v) is 6.54. The molecular weight excluding hydrogens is 424 g/mol. The summed E-state index contributed by atoms with van der Waals surface area (Å²) < 4.78 is 13.8. The Morgan fingerprint density at radius 1 is 1.37 bits per heavy atom. The van der Waals surface area contributed by atoms with Crippen molar-refractivity contribution in [3.05, 3.63) is 34.1 Å². The third-order valence-corrected chi connectivity index (χ3v) is 2.80. The van der Waals surface area contributed by atoms with Gasteiger partial charge < -0.3 is 10.6 Å². The van der Waals surface area contributed by atoms with Crippen molar-refractivity contribution in [3.63, 3.8) is 0 Å². The lowest BCUT2D eigenvalue weighted by molar-refractivity contribution is 0.501. The van der Waals surface area contributed by atoms with Gasteiger partial charge in [-0.3, -0.25) is 4.99 Å². The molecule has 0 amide bonds. The molecule has 0 bridgehead atoms. The van der Waals surface area contributed by atoms with E-state index in [0.717, 1.165) is 5.56 Å². The van der Waals surface area contributed by atoms with Crippen LogP contribution < -0.4 is 10.6 Å². The Labute approximate surface area is 139 Å². The lowest BCUT2D eigenvalue weighted by atomic mass is 10.1. The van der Waals surface area contributed by atoms with E-state index in [9.17, 15) is 4.39 Å². The highest BCUT2D eigenvalue weighted by molar-refractivity contribution is 14.0. The monoisotopic (exact) mass is 443 g/mol. The first-order chi connectivity index (χ1) is 8.31. The molecule has 0 heterocycles. The van der Waals surface area contributed by atoms with Crippen molar-refractivity contribution in [2.75, 3.05) is 7.05 Å². The van der Waals surface area contributed by atoms with Gasteiger partial charge in [0.25, 0.3) is 0 Å². The Hall–Kier alpha value is -0.370. The molecular formula is C13H20BrFIN3. The van der Waals surface area contributed by atoms with Gasteiger partial charge in [-0.25, -0.2) is 4.39 Å². The Kier molecular flexibility index (Phi) is 7.88. The molecule has 0 radical (unpaired) electrons. The fourth-order valence-corrected chi connectivity index (χ4v) is 1.62. The molecule has 1 rings (SSSR count). The van der Waals surface area contributed by atoms with Gasteiger partial charge >= 0.3 is 0 Å². The van der Waals surface area contributed by atoms with Crippen LogP contribution in [-0.2, 0) is 6.54 Å². The molecule has 0 aliphatic rings. The summed E-state index contributed by atoms with van der Waals surface area (Å²) in [6.07, 6.45) is 0. The van der Waals surface area contributed by atoms with Gasteiger partial charge in [-0.05, 0) is 54.4 Å². The lowest BCUT2D eigenvalue weighted by Gasteiger charge is -2.23. The van der Waals surface area contributed by atoms with Crippen molar-refractivity contribution in [1.29, 1.82) is 0 Å². The zero-order chi connectivity index (χ0) is 13.8. The minimum Gasteiger partial charge on any atom is -0.352 e. The number of hydrogen-bond acceptors (Lipinski definition) is 1. The molecule has 0 saturated heterocycles. The van der Waals surface area contributed by atoms with Crippen molar-refractivity contribution in [1.82, 2.24) is 10.6 Å². The lowest BCUT2D eigenvalue weighted by Crippen LogP contribution is -2.47. The Balaban J connectivity index is 0.00000324. The Morgan fingerprint density at radius 3 is 2.47 bits per heavy atom. The minimum atomic E-state index is -0.256. The van der Waals surface area contributed by atoms with E-state index < -0.39 is 0 Å². The number of nitrogens with zero attached hydrogens (tertiary/aromatic N) is 1. The molecule has 1 aromatic rings. The van der Waals surface area contributed by atoms with Gasteiger partial charge in [0.1, 0.15) is 5.82 Å². The van der Waals surface area contributed by atoms with Crippen LogP contribution in [0.1, 0.15) is 26.3 Å². The van der Waals surface area contributed by atoms with Crippen LogP contribution in [0.3, 0.4) is 0 Å². The topological polar surface area (TPSA) is 36.4 Å². The number of hydrogen-bond donors (Lipinski definition) is 2. The molecule has 108 valence electrons. The van der Waals surface area contributed by atoms with Crippen LogP contribution in [0.15, 0.2) is 27.7 Å². The van der Waals surface area contributed by atoms with Crippen molar-refractivity contribution in [2.24, 2.45) is 4.99 Å². The molecule has 0 aromatic heterocycles. The highest BCUT2D eigenvalue weighted by Crippen LogP contribution is 2.16. The normalized spacial score (nSPS) is 11.8. The molecule has 0 atom stereocenters. The third-order valence-electron chi connectivity index (χ3n) is 2.16. The smallest absolute Gasteiger partial charge is 0.191 e. The van der Waals surface area contributed by atoms with E-state index in [4.69, 9.17) is 0 Å². The van der Waals surface area contributed by atoms with Gasteiger partial charge in [0.2, 0.25) is 0 Å². The van der Waals surface area contributed by atoms with E-state index in [1.54, 1.807) is 13.1 Å². The van der Waals surface area contributed by atoms with Gasteiger partial charge in [-0.2, -0.15) is 0 Å². The van der Waals surface area contributed by atoms with E-state index in [1.807, 2.05) is 6.07 Å². The summed E-state index contributed by atoms with van der Waals surface area (Å²) in [4.78, 5) is 4.12. The molecule has 19 heavy (non-hydrogen) atoms. The number of aliphatic imine (C=N–C) groups is 1. The maximum atomic E-state index is 13.3. The largest absolute Gasteiger partial charge is 0.352 e. The summed E-state index contributed by atoms with van der Waals surface area (Å²) in [5.74, 6) is 0.443. The second-order valence-corrected chi connectivity index (χ2v) is 5.90. The van der Waals surface area contributed by atoms with Gasteiger partial charge in [0, 0.05) is 19.1 Å². The first kappa shape index (κ1) is 18.6. The number of guanidine groups is 1. The van der Waals surface area contributed by atoms with E-state index >= 15 is 0 Å². The Morgan fingerprint density at radius 2 is 2.00 bits per heavy atom. The summed E-state index contributed by atoms with van der Waals surface area (Å²) in [5.41, 5.74) is 0.805. The zero-order valence-corrected chi connectivity index (χ0v) is 15.5. The molecule has 3 nitrogen and oxygen atoms in total. The van der Waals surface area contributed by atoms with Crippen LogP contribution in [0.25, 0.3) is 0 Å². The molecule has 0 aliphatic carbocycles. The summed E-state index contributed by atoms with van der Waals surface area (Å²) in [6.45, 7) is 6.69. The van der Waals surface area contributed by atoms with Gasteiger partial charge in [0.05, 0.1) is 4.47 Å². The van der Waals surface area contributed by atoms with E-state index in [1.165, 1.54) is 6.07 Å². The second kappa shape index (κ2) is 8.04. The first-order valence-electron chi connectivity index (χ1n) is 5.74. The number of benzene rings is 1. The van der Waals surface area contributed by atoms with Crippen LogP contribution in [0.2, 0.25) is 0 Å². The molecule has 0 unspecified atom stereocenters. The van der Waals surface area contributed by atoms with Crippen LogP contribution in [0.5, 0.6) is 0 Å². The summed E-state index contributed by atoms with van der Waals surface area (Å²) in [6, 6.07) is 5.07. The molecule has 1 aromatic carbocycles. The quantitative estimate of drug-likeness (QED) is 0.415. The molecule has 0 aliphatic heterocycles. The highest BCUT2D eigenvalue weighted by atomic mass is 127. The fourth-order valence-electron chi connectivity index (χ4n) is 1.37. The second-order valence-electron chi connectivity index (χ2n) is 5.05. The van der Waals surface area contributed by atoms with Crippen molar-refractivity contribution >= 4 is 45.9 Å². The van der Waals surface area contributed by atoms with Crippen LogP contribution in [0.4, 0.5) is 4.39 Å². The molecule has 0 spiro atoms. The summed E-state index contributed by atoms with van der Waals surface area (Å²) in [5, 5.41) is 6.38. The standard InChI is InChI=1S/C13H19BrFN3.HI/c1-13(2,3)18-12(16-4)17-8-9-5-6-10(14)11(15)7-9;/h5-7H,8H2,1-4H3,(H2,16,17,18);1H. The number of halogens is 3. The van der Waals surface area contributed by atoms with Crippen molar-refractivity contribution in [3.8, 4) is 0 Å². The Bertz CT molecular complexity index is 444. The average Bonchev–Trinajstić information content (AvgIpc) is 2.27. The third kappa shape index (κ3) is 7.10. The summed E-state index contributed by atoms with van der Waals surface area (Å²) >= 11 is 3.13. The van der Waals surface area contributed by atoms with E-state index in [-0.39, 0.29) is 35.3 Å². The van der Waals surface area contributed by atoms with E-state index in [2.05, 4.69) is 52.3 Å². The van der Waals surface area contributed by atoms with Gasteiger partial charge in [-0.1, -0.05) is 6.07 Å². The van der Waals surface area contributed by atoms with Crippen LogP contribution >= 0.6 is 39.9 Å². The SMILES string of the molecule is CN=C(NCc1ccc(Br)c(F)c1)NC(C)(C)C.I. The highest BCUT2D eigenvalue weighted by Gasteiger charge is 2.11. The average molecular weight is 444 g/mol. The molecule has 6 heteroatoms. The number of nitrogens with one attached hydrogen (secondary N) is 2. The zero-order valence-electron chi connectivity index (χ0n) is 11.6. The van der Waals surface area contributed by atoms with Crippen molar-refractivity contribution in [2.45, 2.75) is 32.9 Å². The van der Waals surface area contributed by atoms with Gasteiger partial charge in [-0.15, -0.1) is 24.0 Å². The maximum Gasteiger partial charge on any atom is 0.191 e. The molecule has 2 N–H and O–H groups in total. The number of rotatable bonds is 2. The predicted octanol–water partition coefficient (Wildman–Crippen LogP) is 3.67. The van der Waals surface area contributed by atoms with E-state index in [0.29, 0.717) is 17.0 Å². The minimum absolute atomic E-state index is 0. The maximum absolute atomic E-state index is 13.3. The summed E-state index contributed by atoms with van der Waals surface area (Å²) in [7, 11) is 1.71. The predicted molar refractivity (Wildman–Crippen MR) is 92.6 cm³/mol. The molecule has 0 fully saturated rings. The fraction of sp³-hybridized carbons (Fsp3) is 0.462. The van der Waals surface area contributed by atoms with Crippen LogP contribution in [0, 0.1) is 5.82 Å². The van der Waals surface area contributed by atoms with Crippen LogP contribution in [-0.4, -0.2) is 18.5 Å². The molecule has 0 saturated carbocycles.